The maximum absolute atomic E-state index is 13.3. The number of ether oxygens (including phenoxy) is 1. The van der Waals surface area contributed by atoms with E-state index in [0.29, 0.717) is 26.1 Å². The molecule has 0 saturated carbocycles. The second-order valence-corrected chi connectivity index (χ2v) is 7.93. The molecule has 1 amide bonds. The van der Waals surface area contributed by atoms with Gasteiger partial charge >= 0.3 is 0 Å². The standard InChI is InChI=1S/C15H20ClFN2O4S/c1-24(21,22)19(12-2-3-14(17)13(16)10-12)7-6-18-15(20)11-4-8-23-9-5-11/h2-3,10-11H,4-9H2,1H3,(H,18,20). The van der Waals surface area contributed by atoms with E-state index in [1.807, 2.05) is 0 Å². The van der Waals surface area contributed by atoms with Crippen molar-refractivity contribution in [2.24, 2.45) is 5.92 Å². The molecular formula is C15H20ClFN2O4S. The van der Waals surface area contributed by atoms with E-state index in [2.05, 4.69) is 5.32 Å². The highest BCUT2D eigenvalue weighted by Gasteiger charge is 2.22. The van der Waals surface area contributed by atoms with Gasteiger partial charge < -0.3 is 10.1 Å². The lowest BCUT2D eigenvalue weighted by atomic mass is 9.99. The Bertz CT molecular complexity index is 693. The van der Waals surface area contributed by atoms with Crippen molar-refractivity contribution < 1.29 is 22.3 Å². The fraction of sp³-hybridized carbons (Fsp3) is 0.533. The summed E-state index contributed by atoms with van der Waals surface area (Å²) in [4.78, 5) is 12.1. The summed E-state index contributed by atoms with van der Waals surface area (Å²) in [5, 5.41) is 2.58. The van der Waals surface area contributed by atoms with Crippen molar-refractivity contribution in [2.45, 2.75) is 12.8 Å². The second-order valence-electron chi connectivity index (χ2n) is 5.61. The molecule has 0 unspecified atom stereocenters. The fourth-order valence-electron chi connectivity index (χ4n) is 2.51. The molecule has 0 aromatic heterocycles. The molecule has 0 spiro atoms. The van der Waals surface area contributed by atoms with Crippen LogP contribution in [0.5, 0.6) is 0 Å². The highest BCUT2D eigenvalue weighted by molar-refractivity contribution is 7.92. The summed E-state index contributed by atoms with van der Waals surface area (Å²) in [5.41, 5.74) is 0.254. The van der Waals surface area contributed by atoms with Crippen molar-refractivity contribution in [1.29, 1.82) is 0 Å². The van der Waals surface area contributed by atoms with Crippen LogP contribution in [-0.4, -0.2) is 46.9 Å². The lowest BCUT2D eigenvalue weighted by molar-refractivity contribution is -0.127. The van der Waals surface area contributed by atoms with Gasteiger partial charge in [-0.05, 0) is 31.0 Å². The Morgan fingerprint density at radius 1 is 1.42 bits per heavy atom. The van der Waals surface area contributed by atoms with Gasteiger partial charge in [0, 0.05) is 25.7 Å². The zero-order valence-electron chi connectivity index (χ0n) is 13.3. The Morgan fingerprint density at radius 3 is 2.67 bits per heavy atom. The van der Waals surface area contributed by atoms with Crippen molar-refractivity contribution >= 4 is 33.2 Å². The number of sulfonamides is 1. The number of halogens is 2. The summed E-state index contributed by atoms with van der Waals surface area (Å²) in [6.45, 7) is 1.30. The molecule has 1 aliphatic rings. The third-order valence-corrected chi connectivity index (χ3v) is 5.28. The van der Waals surface area contributed by atoms with E-state index in [1.165, 1.54) is 12.1 Å². The summed E-state index contributed by atoms with van der Waals surface area (Å²) in [7, 11) is -3.59. The molecule has 9 heteroatoms. The smallest absolute Gasteiger partial charge is 0.232 e. The SMILES string of the molecule is CS(=O)(=O)N(CCNC(=O)C1CCOCC1)c1ccc(F)c(Cl)c1. The number of anilines is 1. The number of nitrogens with zero attached hydrogens (tertiary/aromatic N) is 1. The van der Waals surface area contributed by atoms with Crippen molar-refractivity contribution in [3.05, 3.63) is 29.0 Å². The molecule has 2 rings (SSSR count). The van der Waals surface area contributed by atoms with Crippen molar-refractivity contribution in [2.75, 3.05) is 36.9 Å². The van der Waals surface area contributed by atoms with Crippen LogP contribution in [0.3, 0.4) is 0 Å². The minimum Gasteiger partial charge on any atom is -0.381 e. The number of amides is 1. The normalized spacial score (nSPS) is 16.0. The van der Waals surface area contributed by atoms with Crippen LogP contribution in [0.2, 0.25) is 5.02 Å². The summed E-state index contributed by atoms with van der Waals surface area (Å²) in [6, 6.07) is 3.69. The van der Waals surface area contributed by atoms with E-state index in [9.17, 15) is 17.6 Å². The predicted octanol–water partition coefficient (Wildman–Crippen LogP) is 1.79. The zero-order chi connectivity index (χ0) is 17.7. The molecule has 24 heavy (non-hydrogen) atoms. The summed E-state index contributed by atoms with van der Waals surface area (Å²) >= 11 is 5.72. The molecule has 1 N–H and O–H groups in total. The molecule has 1 fully saturated rings. The first-order chi connectivity index (χ1) is 11.3. The number of hydrogen-bond acceptors (Lipinski definition) is 4. The van der Waals surface area contributed by atoms with Crippen LogP contribution in [0.25, 0.3) is 0 Å². The highest BCUT2D eigenvalue weighted by atomic mass is 35.5. The lowest BCUT2D eigenvalue weighted by Gasteiger charge is -2.24. The quantitative estimate of drug-likeness (QED) is 0.818. The maximum atomic E-state index is 13.3. The highest BCUT2D eigenvalue weighted by Crippen LogP contribution is 2.24. The average molecular weight is 379 g/mol. The molecule has 1 aromatic rings. The van der Waals surface area contributed by atoms with E-state index in [4.69, 9.17) is 16.3 Å². The van der Waals surface area contributed by atoms with Crippen molar-refractivity contribution in [1.82, 2.24) is 5.32 Å². The minimum atomic E-state index is -3.59. The maximum Gasteiger partial charge on any atom is 0.232 e. The van der Waals surface area contributed by atoms with E-state index >= 15 is 0 Å². The van der Waals surface area contributed by atoms with Gasteiger partial charge in [-0.15, -0.1) is 0 Å². The van der Waals surface area contributed by atoms with Crippen molar-refractivity contribution in [3.8, 4) is 0 Å². The first-order valence-electron chi connectivity index (χ1n) is 7.57. The van der Waals surface area contributed by atoms with Gasteiger partial charge in [-0.25, -0.2) is 12.8 Å². The molecule has 0 bridgehead atoms. The number of carbonyl (C=O) groups is 1. The van der Waals surface area contributed by atoms with Crippen LogP contribution in [0.15, 0.2) is 18.2 Å². The van der Waals surface area contributed by atoms with Crippen LogP contribution in [0.1, 0.15) is 12.8 Å². The molecule has 134 valence electrons. The summed E-state index contributed by atoms with van der Waals surface area (Å²) in [6.07, 6.45) is 2.37. The third-order valence-electron chi connectivity index (χ3n) is 3.80. The summed E-state index contributed by atoms with van der Waals surface area (Å²) < 4.78 is 43.5. The summed E-state index contributed by atoms with van der Waals surface area (Å²) in [5.74, 6) is -0.837. The topological polar surface area (TPSA) is 75.7 Å². The van der Waals surface area contributed by atoms with Gasteiger partial charge in [-0.1, -0.05) is 11.6 Å². The van der Waals surface area contributed by atoms with E-state index in [-0.39, 0.29) is 35.6 Å². The van der Waals surface area contributed by atoms with E-state index in [0.717, 1.165) is 16.6 Å². The van der Waals surface area contributed by atoms with E-state index < -0.39 is 15.8 Å². The molecular weight excluding hydrogens is 359 g/mol. The Labute approximate surface area is 146 Å². The average Bonchev–Trinajstić information content (AvgIpc) is 2.54. The molecule has 6 nitrogen and oxygen atoms in total. The van der Waals surface area contributed by atoms with Crippen LogP contribution in [0.4, 0.5) is 10.1 Å². The molecule has 0 aliphatic carbocycles. The number of nitrogens with one attached hydrogen (secondary N) is 1. The first-order valence-corrected chi connectivity index (χ1v) is 9.80. The van der Waals surface area contributed by atoms with Crippen LogP contribution < -0.4 is 9.62 Å². The number of carbonyl (C=O) groups excluding carboxylic acids is 1. The Morgan fingerprint density at radius 2 is 2.08 bits per heavy atom. The van der Waals surface area contributed by atoms with Crippen LogP contribution in [-0.2, 0) is 19.6 Å². The number of hydrogen-bond donors (Lipinski definition) is 1. The van der Waals surface area contributed by atoms with Gasteiger partial charge in [0.15, 0.2) is 0 Å². The Balaban J connectivity index is 1.99. The van der Waals surface area contributed by atoms with Crippen LogP contribution in [0, 0.1) is 11.7 Å². The number of benzene rings is 1. The molecule has 1 aromatic carbocycles. The molecule has 1 aliphatic heterocycles. The molecule has 1 heterocycles. The number of rotatable bonds is 6. The van der Waals surface area contributed by atoms with Crippen LogP contribution >= 0.6 is 11.6 Å². The lowest BCUT2D eigenvalue weighted by Crippen LogP contribution is -2.41. The largest absolute Gasteiger partial charge is 0.381 e. The minimum absolute atomic E-state index is 0.0375. The Kier molecular flexibility index (Phi) is 6.42. The molecule has 0 radical (unpaired) electrons. The van der Waals surface area contributed by atoms with Gasteiger partial charge in [0.2, 0.25) is 15.9 Å². The second kappa shape index (κ2) is 8.13. The third kappa shape index (κ3) is 5.06. The first kappa shape index (κ1) is 19.0. The predicted molar refractivity (Wildman–Crippen MR) is 90.2 cm³/mol. The Hall–Kier alpha value is -1.38. The van der Waals surface area contributed by atoms with Crippen molar-refractivity contribution in [3.63, 3.8) is 0 Å². The fourth-order valence-corrected chi connectivity index (χ4v) is 3.61. The molecule has 0 atom stereocenters. The zero-order valence-corrected chi connectivity index (χ0v) is 14.9. The molecule has 1 saturated heterocycles. The van der Waals surface area contributed by atoms with Gasteiger partial charge in [0.25, 0.3) is 0 Å². The van der Waals surface area contributed by atoms with E-state index in [1.54, 1.807) is 0 Å². The van der Waals surface area contributed by atoms with Gasteiger partial charge in [-0.2, -0.15) is 0 Å². The van der Waals surface area contributed by atoms with Gasteiger partial charge in [-0.3, -0.25) is 9.10 Å². The van der Waals surface area contributed by atoms with Gasteiger partial charge in [0.1, 0.15) is 5.82 Å². The van der Waals surface area contributed by atoms with Gasteiger partial charge in [0.05, 0.1) is 23.5 Å². The monoisotopic (exact) mass is 378 g/mol.